The lowest BCUT2D eigenvalue weighted by Crippen LogP contribution is -2.43. The number of rotatable bonds is 4. The Morgan fingerprint density at radius 2 is 2.10 bits per heavy atom. The highest BCUT2D eigenvalue weighted by molar-refractivity contribution is 6.32. The van der Waals surface area contributed by atoms with E-state index in [0.29, 0.717) is 12.0 Å². The van der Waals surface area contributed by atoms with Gasteiger partial charge in [-0.1, -0.05) is 24.6 Å². The van der Waals surface area contributed by atoms with Crippen molar-refractivity contribution < 1.29 is 14.5 Å². The number of imide groups is 1. The van der Waals surface area contributed by atoms with Gasteiger partial charge in [0.1, 0.15) is 10.6 Å². The molecule has 1 aromatic carbocycles. The molecule has 1 aromatic rings. The Balaban J connectivity index is 2.27. The van der Waals surface area contributed by atoms with Crippen LogP contribution in [0.4, 0.5) is 10.5 Å². The molecule has 7 nitrogen and oxygen atoms in total. The van der Waals surface area contributed by atoms with Gasteiger partial charge in [0.2, 0.25) is 0 Å². The van der Waals surface area contributed by atoms with Crippen LogP contribution in [0.25, 0.3) is 0 Å². The Morgan fingerprint density at radius 3 is 2.62 bits per heavy atom. The van der Waals surface area contributed by atoms with E-state index in [1.807, 2.05) is 0 Å². The van der Waals surface area contributed by atoms with E-state index in [0.717, 1.165) is 4.90 Å². The van der Waals surface area contributed by atoms with Gasteiger partial charge in [0, 0.05) is 6.07 Å². The fourth-order valence-corrected chi connectivity index (χ4v) is 2.30. The molecular weight excluding hydrogens is 298 g/mol. The molecule has 2 rings (SSSR count). The number of urea groups is 1. The van der Waals surface area contributed by atoms with Crippen molar-refractivity contribution in [3.63, 3.8) is 0 Å². The molecule has 0 bridgehead atoms. The van der Waals surface area contributed by atoms with Crippen molar-refractivity contribution in [2.45, 2.75) is 32.4 Å². The molecule has 0 aromatic heterocycles. The van der Waals surface area contributed by atoms with E-state index in [1.54, 1.807) is 19.9 Å². The van der Waals surface area contributed by atoms with Gasteiger partial charge in [0.15, 0.2) is 0 Å². The minimum Gasteiger partial charge on any atom is -0.323 e. The molecule has 8 heteroatoms. The van der Waals surface area contributed by atoms with E-state index in [1.165, 1.54) is 12.1 Å². The van der Waals surface area contributed by atoms with Gasteiger partial charge in [-0.25, -0.2) is 4.79 Å². The molecule has 1 N–H and O–H groups in total. The van der Waals surface area contributed by atoms with E-state index < -0.39 is 16.5 Å². The van der Waals surface area contributed by atoms with Gasteiger partial charge in [-0.2, -0.15) is 0 Å². The topological polar surface area (TPSA) is 92.6 Å². The Morgan fingerprint density at radius 1 is 1.43 bits per heavy atom. The molecule has 112 valence electrons. The second kappa shape index (κ2) is 5.33. The zero-order valence-corrected chi connectivity index (χ0v) is 12.3. The fourth-order valence-electron chi connectivity index (χ4n) is 2.11. The number of amides is 3. The van der Waals surface area contributed by atoms with Gasteiger partial charge >= 0.3 is 6.03 Å². The molecular formula is C13H14ClN3O4. The lowest BCUT2D eigenvalue weighted by Gasteiger charge is -2.19. The van der Waals surface area contributed by atoms with Crippen molar-refractivity contribution in [3.05, 3.63) is 38.9 Å². The quantitative estimate of drug-likeness (QED) is 0.525. The summed E-state index contributed by atoms with van der Waals surface area (Å²) in [6.45, 7) is 3.42. The number of nitrogens with zero attached hydrogens (tertiary/aromatic N) is 2. The number of nitro groups is 1. The minimum absolute atomic E-state index is 0.0133. The Hall–Kier alpha value is -2.15. The monoisotopic (exact) mass is 311 g/mol. The van der Waals surface area contributed by atoms with E-state index in [9.17, 15) is 19.7 Å². The van der Waals surface area contributed by atoms with Crippen LogP contribution >= 0.6 is 11.6 Å². The summed E-state index contributed by atoms with van der Waals surface area (Å²) >= 11 is 5.73. The summed E-state index contributed by atoms with van der Waals surface area (Å²) < 4.78 is 0. The molecule has 0 aliphatic carbocycles. The second-order valence-electron chi connectivity index (χ2n) is 5.05. The van der Waals surface area contributed by atoms with Crippen LogP contribution in [-0.4, -0.2) is 27.3 Å². The van der Waals surface area contributed by atoms with Crippen molar-refractivity contribution in [3.8, 4) is 0 Å². The summed E-state index contributed by atoms with van der Waals surface area (Å²) in [5.74, 6) is -0.340. The van der Waals surface area contributed by atoms with Gasteiger partial charge < -0.3 is 5.32 Å². The van der Waals surface area contributed by atoms with E-state index in [2.05, 4.69) is 5.32 Å². The number of carbonyl (C=O) groups excluding carboxylic acids is 2. The maximum absolute atomic E-state index is 12.2. The fraction of sp³-hybridized carbons (Fsp3) is 0.385. The SMILES string of the molecule is CCC1(C)NC(=O)N(Cc2ccc(Cl)c([N+](=O)[O-])c2)C1=O. The molecule has 21 heavy (non-hydrogen) atoms. The first-order valence-electron chi connectivity index (χ1n) is 6.35. The summed E-state index contributed by atoms with van der Waals surface area (Å²) in [5.41, 5.74) is -0.704. The number of hydrogen-bond acceptors (Lipinski definition) is 4. The zero-order valence-electron chi connectivity index (χ0n) is 11.6. The van der Waals surface area contributed by atoms with Gasteiger partial charge in [-0.15, -0.1) is 0 Å². The van der Waals surface area contributed by atoms with Gasteiger partial charge in [0.05, 0.1) is 11.5 Å². The van der Waals surface area contributed by atoms with Crippen LogP contribution in [-0.2, 0) is 11.3 Å². The van der Waals surface area contributed by atoms with Gasteiger partial charge in [-0.05, 0) is 25.0 Å². The van der Waals surface area contributed by atoms with Crippen LogP contribution in [0.3, 0.4) is 0 Å². The number of nitro benzene ring substituents is 1. The molecule has 0 saturated carbocycles. The first-order chi connectivity index (χ1) is 9.78. The summed E-state index contributed by atoms with van der Waals surface area (Å²) in [4.78, 5) is 35.4. The largest absolute Gasteiger partial charge is 0.325 e. The van der Waals surface area contributed by atoms with Crippen molar-refractivity contribution in [2.75, 3.05) is 0 Å². The van der Waals surface area contributed by atoms with Crippen molar-refractivity contribution in [1.82, 2.24) is 10.2 Å². The van der Waals surface area contributed by atoms with E-state index >= 15 is 0 Å². The molecule has 1 saturated heterocycles. The predicted molar refractivity (Wildman–Crippen MR) is 75.9 cm³/mol. The van der Waals surface area contributed by atoms with Crippen molar-refractivity contribution in [1.29, 1.82) is 0 Å². The molecule has 3 amide bonds. The third-order valence-corrected chi connectivity index (χ3v) is 3.92. The summed E-state index contributed by atoms with van der Waals surface area (Å²) in [5, 5.41) is 13.5. The molecule has 1 fully saturated rings. The first-order valence-corrected chi connectivity index (χ1v) is 6.73. The van der Waals surface area contributed by atoms with E-state index in [4.69, 9.17) is 11.6 Å². The maximum atomic E-state index is 12.2. The Kier molecular flexibility index (Phi) is 3.87. The smallest absolute Gasteiger partial charge is 0.323 e. The number of benzene rings is 1. The lowest BCUT2D eigenvalue weighted by atomic mass is 9.99. The average molecular weight is 312 g/mol. The maximum Gasteiger partial charge on any atom is 0.325 e. The van der Waals surface area contributed by atoms with Crippen molar-refractivity contribution >= 4 is 29.2 Å². The molecule has 1 heterocycles. The highest BCUT2D eigenvalue weighted by Crippen LogP contribution is 2.27. The van der Waals surface area contributed by atoms with Crippen LogP contribution in [0.2, 0.25) is 5.02 Å². The number of carbonyl (C=O) groups is 2. The van der Waals surface area contributed by atoms with Crippen LogP contribution in [0.15, 0.2) is 18.2 Å². The van der Waals surface area contributed by atoms with Crippen molar-refractivity contribution in [2.24, 2.45) is 0 Å². The first kappa shape index (κ1) is 15.2. The van der Waals surface area contributed by atoms with Crippen LogP contribution in [0.1, 0.15) is 25.8 Å². The molecule has 0 radical (unpaired) electrons. The molecule has 1 unspecified atom stereocenters. The van der Waals surface area contributed by atoms with Crippen LogP contribution in [0, 0.1) is 10.1 Å². The highest BCUT2D eigenvalue weighted by Gasteiger charge is 2.46. The standard InChI is InChI=1S/C13H14ClN3O4/c1-3-13(2)11(18)16(12(19)15-13)7-8-4-5-9(14)10(6-8)17(20)21/h4-6H,3,7H2,1-2H3,(H,15,19). The third-order valence-electron chi connectivity index (χ3n) is 3.60. The molecule has 1 atom stereocenters. The zero-order chi connectivity index (χ0) is 15.8. The molecule has 1 aliphatic rings. The summed E-state index contributed by atoms with van der Waals surface area (Å²) in [7, 11) is 0. The third kappa shape index (κ3) is 2.69. The number of halogens is 1. The van der Waals surface area contributed by atoms with Crippen LogP contribution in [0.5, 0.6) is 0 Å². The molecule has 0 spiro atoms. The van der Waals surface area contributed by atoms with Crippen LogP contribution < -0.4 is 5.32 Å². The average Bonchev–Trinajstić information content (AvgIpc) is 2.64. The predicted octanol–water partition coefficient (Wildman–Crippen LogP) is 2.47. The second-order valence-corrected chi connectivity index (χ2v) is 5.46. The Bertz CT molecular complexity index is 634. The van der Waals surface area contributed by atoms with Gasteiger partial charge in [-0.3, -0.25) is 19.8 Å². The van der Waals surface area contributed by atoms with E-state index in [-0.39, 0.29) is 23.2 Å². The molecule has 1 aliphatic heterocycles. The Labute approximate surface area is 126 Å². The number of hydrogen-bond donors (Lipinski definition) is 1. The highest BCUT2D eigenvalue weighted by atomic mass is 35.5. The van der Waals surface area contributed by atoms with Gasteiger partial charge in [0.25, 0.3) is 11.6 Å². The summed E-state index contributed by atoms with van der Waals surface area (Å²) in [6, 6.07) is 3.70. The number of nitrogens with one attached hydrogen (secondary N) is 1. The normalized spacial score (nSPS) is 21.6. The minimum atomic E-state index is -0.921. The lowest BCUT2D eigenvalue weighted by molar-refractivity contribution is -0.384. The summed E-state index contributed by atoms with van der Waals surface area (Å²) in [6.07, 6.45) is 0.467.